The van der Waals surface area contributed by atoms with Gasteiger partial charge in [-0.1, -0.05) is 26.7 Å². The number of likely N-dealkylation sites (tertiary alicyclic amines) is 1. The third-order valence-electron chi connectivity index (χ3n) is 5.29. The van der Waals surface area contributed by atoms with Crippen LogP contribution in [-0.2, 0) is 0 Å². The highest BCUT2D eigenvalue weighted by molar-refractivity contribution is 4.87. The molecule has 17 heavy (non-hydrogen) atoms. The molecule has 0 aromatic rings. The van der Waals surface area contributed by atoms with Crippen LogP contribution in [0.25, 0.3) is 0 Å². The normalized spacial score (nSPS) is 44.1. The Labute approximate surface area is 107 Å². The van der Waals surface area contributed by atoms with E-state index in [2.05, 4.69) is 38.0 Å². The van der Waals surface area contributed by atoms with Crippen LogP contribution in [-0.4, -0.2) is 37.1 Å². The molecule has 100 valence electrons. The predicted octanol–water partition coefficient (Wildman–Crippen LogP) is 2.74. The summed E-state index contributed by atoms with van der Waals surface area (Å²) in [4.78, 5) is 2.50. The summed E-state index contributed by atoms with van der Waals surface area (Å²) < 4.78 is 0. The molecule has 1 saturated heterocycles. The highest BCUT2D eigenvalue weighted by atomic mass is 15.2. The van der Waals surface area contributed by atoms with Crippen molar-refractivity contribution in [3.8, 4) is 0 Å². The molecule has 0 aromatic heterocycles. The predicted molar refractivity (Wildman–Crippen MR) is 74.2 cm³/mol. The Morgan fingerprint density at radius 2 is 1.88 bits per heavy atom. The van der Waals surface area contributed by atoms with Gasteiger partial charge in [0.05, 0.1) is 0 Å². The molecule has 1 aliphatic heterocycles. The first-order valence-electron chi connectivity index (χ1n) is 7.51. The van der Waals surface area contributed by atoms with E-state index in [1.54, 1.807) is 0 Å². The second kappa shape index (κ2) is 5.71. The van der Waals surface area contributed by atoms with E-state index in [1.165, 1.54) is 38.8 Å². The lowest BCUT2D eigenvalue weighted by molar-refractivity contribution is 0.118. The van der Waals surface area contributed by atoms with Crippen molar-refractivity contribution in [2.24, 2.45) is 17.8 Å². The summed E-state index contributed by atoms with van der Waals surface area (Å²) in [6, 6.07) is 1.48. The molecular weight excluding hydrogens is 208 g/mol. The van der Waals surface area contributed by atoms with Gasteiger partial charge in [-0.25, -0.2) is 0 Å². The fraction of sp³-hybridized carbons (Fsp3) is 1.00. The number of nitrogens with one attached hydrogen (secondary N) is 1. The van der Waals surface area contributed by atoms with Gasteiger partial charge in [0, 0.05) is 18.6 Å². The lowest BCUT2D eigenvalue weighted by atomic mass is 9.89. The van der Waals surface area contributed by atoms with Gasteiger partial charge < -0.3 is 10.2 Å². The number of hydrogen-bond donors (Lipinski definition) is 1. The second-order valence-corrected chi connectivity index (χ2v) is 6.68. The van der Waals surface area contributed by atoms with E-state index in [9.17, 15) is 0 Å². The van der Waals surface area contributed by atoms with Crippen LogP contribution < -0.4 is 5.32 Å². The number of piperidine rings is 1. The van der Waals surface area contributed by atoms with Crippen LogP contribution in [0.5, 0.6) is 0 Å². The highest BCUT2D eigenvalue weighted by Gasteiger charge is 2.30. The van der Waals surface area contributed by atoms with Crippen LogP contribution in [0.1, 0.15) is 46.5 Å². The Balaban J connectivity index is 1.78. The Kier molecular flexibility index (Phi) is 4.48. The van der Waals surface area contributed by atoms with Crippen LogP contribution in [0, 0.1) is 17.8 Å². The van der Waals surface area contributed by atoms with Crippen molar-refractivity contribution in [2.45, 2.75) is 58.5 Å². The van der Waals surface area contributed by atoms with Gasteiger partial charge >= 0.3 is 0 Å². The molecule has 1 N–H and O–H groups in total. The first-order valence-corrected chi connectivity index (χ1v) is 7.51. The monoisotopic (exact) mass is 238 g/mol. The summed E-state index contributed by atoms with van der Waals surface area (Å²) in [5, 5.41) is 3.87. The van der Waals surface area contributed by atoms with Crippen LogP contribution in [0.4, 0.5) is 0 Å². The van der Waals surface area contributed by atoms with Gasteiger partial charge in [0.1, 0.15) is 0 Å². The SMILES string of the molecule is CC1CCCC1CNC1CC(C)N(C)CC1C. The third kappa shape index (κ3) is 3.23. The van der Waals surface area contributed by atoms with Crippen LogP contribution in [0.2, 0.25) is 0 Å². The zero-order valence-electron chi connectivity index (χ0n) is 12.1. The zero-order chi connectivity index (χ0) is 12.4. The van der Waals surface area contributed by atoms with Gasteiger partial charge in [0.2, 0.25) is 0 Å². The smallest absolute Gasteiger partial charge is 0.0120 e. The summed E-state index contributed by atoms with van der Waals surface area (Å²) in [7, 11) is 2.26. The maximum atomic E-state index is 3.87. The average Bonchev–Trinajstić information content (AvgIpc) is 2.68. The number of rotatable bonds is 3. The fourth-order valence-corrected chi connectivity index (χ4v) is 3.65. The van der Waals surface area contributed by atoms with Crippen molar-refractivity contribution < 1.29 is 0 Å². The molecule has 2 heteroatoms. The molecule has 0 bridgehead atoms. The minimum atomic E-state index is 0.740. The van der Waals surface area contributed by atoms with Crippen molar-refractivity contribution in [3.05, 3.63) is 0 Å². The summed E-state index contributed by atoms with van der Waals surface area (Å²) >= 11 is 0. The quantitative estimate of drug-likeness (QED) is 0.813. The Morgan fingerprint density at radius 3 is 2.53 bits per heavy atom. The van der Waals surface area contributed by atoms with Crippen LogP contribution in [0.15, 0.2) is 0 Å². The Bertz CT molecular complexity index is 241. The van der Waals surface area contributed by atoms with E-state index >= 15 is 0 Å². The molecule has 0 amide bonds. The minimum Gasteiger partial charge on any atom is -0.313 e. The first-order chi connectivity index (χ1) is 8.08. The van der Waals surface area contributed by atoms with Gasteiger partial charge in [-0.15, -0.1) is 0 Å². The largest absolute Gasteiger partial charge is 0.313 e. The minimum absolute atomic E-state index is 0.740. The van der Waals surface area contributed by atoms with E-state index in [0.29, 0.717) is 0 Å². The third-order valence-corrected chi connectivity index (χ3v) is 5.29. The summed E-state index contributed by atoms with van der Waals surface area (Å²) in [6.07, 6.45) is 5.67. The lowest BCUT2D eigenvalue weighted by Gasteiger charge is -2.40. The van der Waals surface area contributed by atoms with E-state index < -0.39 is 0 Å². The van der Waals surface area contributed by atoms with Crippen molar-refractivity contribution in [1.82, 2.24) is 10.2 Å². The molecule has 0 spiro atoms. The first kappa shape index (κ1) is 13.4. The molecular formula is C15H30N2. The van der Waals surface area contributed by atoms with Crippen LogP contribution >= 0.6 is 0 Å². The second-order valence-electron chi connectivity index (χ2n) is 6.68. The molecule has 2 aliphatic rings. The average molecular weight is 238 g/mol. The number of hydrogen-bond acceptors (Lipinski definition) is 2. The highest BCUT2D eigenvalue weighted by Crippen LogP contribution is 2.31. The summed E-state index contributed by atoms with van der Waals surface area (Å²) in [5.41, 5.74) is 0. The maximum Gasteiger partial charge on any atom is 0.0120 e. The molecule has 1 saturated carbocycles. The van der Waals surface area contributed by atoms with E-state index in [-0.39, 0.29) is 0 Å². The lowest BCUT2D eigenvalue weighted by Crippen LogP contribution is -2.51. The van der Waals surface area contributed by atoms with Crippen molar-refractivity contribution >= 4 is 0 Å². The van der Waals surface area contributed by atoms with Crippen molar-refractivity contribution in [3.63, 3.8) is 0 Å². The van der Waals surface area contributed by atoms with Crippen molar-refractivity contribution in [1.29, 1.82) is 0 Å². The molecule has 2 nitrogen and oxygen atoms in total. The summed E-state index contributed by atoms with van der Waals surface area (Å²) in [5.74, 6) is 2.69. The van der Waals surface area contributed by atoms with Gasteiger partial charge in [-0.05, 0) is 51.1 Å². The molecule has 1 aliphatic carbocycles. The van der Waals surface area contributed by atoms with Crippen LogP contribution in [0.3, 0.4) is 0 Å². The molecule has 2 fully saturated rings. The Hall–Kier alpha value is -0.0800. The number of nitrogens with zero attached hydrogens (tertiary/aromatic N) is 1. The Morgan fingerprint density at radius 1 is 1.12 bits per heavy atom. The zero-order valence-corrected chi connectivity index (χ0v) is 12.1. The molecule has 5 atom stereocenters. The molecule has 0 aromatic carbocycles. The fourth-order valence-electron chi connectivity index (χ4n) is 3.65. The van der Waals surface area contributed by atoms with Gasteiger partial charge in [-0.2, -0.15) is 0 Å². The van der Waals surface area contributed by atoms with Gasteiger partial charge in [0.15, 0.2) is 0 Å². The molecule has 0 radical (unpaired) electrons. The molecule has 5 unspecified atom stereocenters. The van der Waals surface area contributed by atoms with Crippen molar-refractivity contribution in [2.75, 3.05) is 20.1 Å². The van der Waals surface area contributed by atoms with E-state index in [1.807, 2.05) is 0 Å². The molecule has 2 rings (SSSR count). The van der Waals surface area contributed by atoms with Gasteiger partial charge in [0.25, 0.3) is 0 Å². The molecule has 1 heterocycles. The topological polar surface area (TPSA) is 15.3 Å². The van der Waals surface area contributed by atoms with E-state index in [4.69, 9.17) is 0 Å². The summed E-state index contributed by atoms with van der Waals surface area (Å²) in [6.45, 7) is 9.70. The standard InChI is InChI=1S/C15H30N2/c1-11-6-5-7-14(11)9-16-15-8-13(3)17(4)10-12(15)2/h11-16H,5-10H2,1-4H3. The maximum absolute atomic E-state index is 3.87. The van der Waals surface area contributed by atoms with E-state index in [0.717, 1.165) is 29.8 Å². The van der Waals surface area contributed by atoms with Gasteiger partial charge in [-0.3, -0.25) is 0 Å².